The van der Waals surface area contributed by atoms with Crippen molar-refractivity contribution in [1.29, 1.82) is 0 Å². The molecular formula is C22H26BrN3O3. The van der Waals surface area contributed by atoms with Crippen molar-refractivity contribution in [3.05, 3.63) is 40.9 Å². The number of halogens is 1. The molecule has 3 aliphatic rings. The smallest absolute Gasteiger partial charge is 0.231 e. The van der Waals surface area contributed by atoms with Crippen LogP contribution in [0, 0.1) is 29.1 Å². The summed E-state index contributed by atoms with van der Waals surface area (Å²) in [7, 11) is 3.41. The van der Waals surface area contributed by atoms with Crippen LogP contribution in [0.1, 0.15) is 19.3 Å². The van der Waals surface area contributed by atoms with Crippen molar-refractivity contribution < 1.29 is 14.4 Å². The molecule has 2 fully saturated rings. The molecule has 3 aliphatic carbocycles. The molecule has 4 atom stereocenters. The first-order valence-corrected chi connectivity index (χ1v) is 10.8. The van der Waals surface area contributed by atoms with E-state index in [0.29, 0.717) is 0 Å². The number of primary amides is 1. The average Bonchev–Trinajstić information content (AvgIpc) is 3.35. The van der Waals surface area contributed by atoms with Gasteiger partial charge in [-0.25, -0.2) is 0 Å². The second kappa shape index (κ2) is 7.27. The lowest BCUT2D eigenvalue weighted by Crippen LogP contribution is -2.45. The number of allylic oxidation sites excluding steroid dienone is 2. The first-order chi connectivity index (χ1) is 13.8. The molecular weight excluding hydrogens is 434 g/mol. The summed E-state index contributed by atoms with van der Waals surface area (Å²) in [6.07, 6.45) is 6.51. The Kier molecular flexibility index (Phi) is 5.05. The van der Waals surface area contributed by atoms with E-state index in [1.165, 1.54) is 4.90 Å². The molecule has 0 heterocycles. The first kappa shape index (κ1) is 20.1. The topological polar surface area (TPSA) is 83.7 Å². The molecule has 2 bridgehead atoms. The van der Waals surface area contributed by atoms with Gasteiger partial charge in [0.1, 0.15) is 0 Å². The number of anilines is 1. The van der Waals surface area contributed by atoms with Gasteiger partial charge in [-0.05, 0) is 54.4 Å². The molecule has 1 spiro atoms. The summed E-state index contributed by atoms with van der Waals surface area (Å²) in [6, 6.07) is 7.46. The zero-order chi connectivity index (χ0) is 20.9. The van der Waals surface area contributed by atoms with Gasteiger partial charge in [0.05, 0.1) is 11.8 Å². The highest BCUT2D eigenvalue weighted by Gasteiger charge is 2.69. The van der Waals surface area contributed by atoms with E-state index in [-0.39, 0.29) is 42.0 Å². The predicted molar refractivity (Wildman–Crippen MR) is 114 cm³/mol. The van der Waals surface area contributed by atoms with Crippen molar-refractivity contribution >= 4 is 39.3 Å². The number of rotatable bonds is 6. The Labute approximate surface area is 179 Å². The van der Waals surface area contributed by atoms with Gasteiger partial charge in [0.25, 0.3) is 0 Å². The lowest BCUT2D eigenvalue weighted by molar-refractivity contribution is -0.132. The van der Waals surface area contributed by atoms with Gasteiger partial charge < -0.3 is 15.5 Å². The Balaban J connectivity index is 1.65. The molecule has 2 N–H and O–H groups in total. The van der Waals surface area contributed by atoms with Crippen LogP contribution in [0.15, 0.2) is 40.9 Å². The van der Waals surface area contributed by atoms with E-state index in [2.05, 4.69) is 28.1 Å². The predicted octanol–water partition coefficient (Wildman–Crippen LogP) is 2.57. The van der Waals surface area contributed by atoms with E-state index in [4.69, 9.17) is 5.73 Å². The van der Waals surface area contributed by atoms with Gasteiger partial charge in [-0.1, -0.05) is 28.1 Å². The maximum atomic E-state index is 13.8. The molecule has 0 radical (unpaired) electrons. The van der Waals surface area contributed by atoms with Gasteiger partial charge in [-0.3, -0.25) is 14.4 Å². The third kappa shape index (κ3) is 3.29. The number of amides is 3. The zero-order valence-electron chi connectivity index (χ0n) is 16.7. The number of hydrogen-bond donors (Lipinski definition) is 1. The van der Waals surface area contributed by atoms with Gasteiger partial charge in [0.2, 0.25) is 17.7 Å². The first-order valence-electron chi connectivity index (χ1n) is 10.0. The van der Waals surface area contributed by atoms with E-state index >= 15 is 0 Å². The van der Waals surface area contributed by atoms with Crippen molar-refractivity contribution in [3.8, 4) is 0 Å². The summed E-state index contributed by atoms with van der Waals surface area (Å²) in [5, 5.41) is 0. The van der Waals surface area contributed by atoms with Crippen molar-refractivity contribution in [3.63, 3.8) is 0 Å². The lowest BCUT2D eigenvalue weighted by Gasteiger charge is -2.31. The SMILES string of the molecule is CN(C)C(=O)CCN(C(=O)[C@H]1[C@H](C(N)=O)[C@H]2C=C[C@@H]1C21CC1)c1ccc(Br)cc1. The molecule has 154 valence electrons. The van der Waals surface area contributed by atoms with E-state index in [1.54, 1.807) is 19.0 Å². The number of nitrogens with two attached hydrogens (primary N) is 1. The third-order valence-electron chi connectivity index (χ3n) is 6.91. The minimum absolute atomic E-state index is 0.0436. The number of carbonyl (C=O) groups excluding carboxylic acids is 3. The maximum absolute atomic E-state index is 13.8. The second-order valence-electron chi connectivity index (χ2n) is 8.63. The summed E-state index contributed by atoms with van der Waals surface area (Å²) >= 11 is 3.42. The van der Waals surface area contributed by atoms with E-state index < -0.39 is 17.7 Å². The average molecular weight is 460 g/mol. The minimum atomic E-state index is -0.470. The van der Waals surface area contributed by atoms with Crippen molar-refractivity contribution in [2.75, 3.05) is 25.5 Å². The van der Waals surface area contributed by atoms with E-state index in [9.17, 15) is 14.4 Å². The Bertz CT molecular complexity index is 876. The summed E-state index contributed by atoms with van der Waals surface area (Å²) in [6.45, 7) is 0.271. The number of nitrogens with zero attached hydrogens (tertiary/aromatic N) is 2. The van der Waals surface area contributed by atoms with Crippen LogP contribution in [0.2, 0.25) is 0 Å². The fourth-order valence-corrected chi connectivity index (χ4v) is 5.58. The van der Waals surface area contributed by atoms with Gasteiger partial charge in [-0.15, -0.1) is 0 Å². The lowest BCUT2D eigenvalue weighted by atomic mass is 9.81. The Hall–Kier alpha value is -2.15. The normalized spacial score (nSPS) is 27.8. The molecule has 0 unspecified atom stereocenters. The molecule has 7 heteroatoms. The van der Waals surface area contributed by atoms with Gasteiger partial charge >= 0.3 is 0 Å². The zero-order valence-corrected chi connectivity index (χ0v) is 18.3. The summed E-state index contributed by atoms with van der Waals surface area (Å²) < 4.78 is 0.910. The molecule has 6 nitrogen and oxygen atoms in total. The highest BCUT2D eigenvalue weighted by molar-refractivity contribution is 9.10. The van der Waals surface area contributed by atoms with Crippen LogP contribution in [-0.4, -0.2) is 43.3 Å². The maximum Gasteiger partial charge on any atom is 0.231 e. The summed E-state index contributed by atoms with van der Waals surface area (Å²) in [4.78, 5) is 41.5. The van der Waals surface area contributed by atoms with Gasteiger partial charge in [0.15, 0.2) is 0 Å². The van der Waals surface area contributed by atoms with Crippen LogP contribution in [0.3, 0.4) is 0 Å². The van der Waals surface area contributed by atoms with Crippen molar-refractivity contribution in [2.24, 2.45) is 34.8 Å². The van der Waals surface area contributed by atoms with Crippen LogP contribution in [0.5, 0.6) is 0 Å². The van der Waals surface area contributed by atoms with Gasteiger partial charge in [-0.2, -0.15) is 0 Å². The standard InChI is InChI=1S/C22H26BrN3O3/c1-25(2)17(27)9-12-26(14-5-3-13(23)4-6-14)21(29)19-16-8-7-15(18(19)20(24)28)22(16)10-11-22/h3-8,15-16,18-19H,9-12H2,1-2H3,(H2,24,28)/t15-,16+,18-,19-/m1/s1. The Morgan fingerprint density at radius 1 is 1.07 bits per heavy atom. The Morgan fingerprint density at radius 2 is 1.66 bits per heavy atom. The van der Waals surface area contributed by atoms with E-state index in [1.807, 2.05) is 24.3 Å². The molecule has 4 rings (SSSR count). The van der Waals surface area contributed by atoms with Crippen LogP contribution in [0.25, 0.3) is 0 Å². The fraction of sp³-hybridized carbons (Fsp3) is 0.500. The summed E-state index contributed by atoms with van der Waals surface area (Å²) in [5.74, 6) is -1.35. The number of hydrogen-bond acceptors (Lipinski definition) is 3. The fourth-order valence-electron chi connectivity index (χ4n) is 5.32. The molecule has 2 saturated carbocycles. The second-order valence-corrected chi connectivity index (χ2v) is 9.54. The molecule has 0 aliphatic heterocycles. The quantitative estimate of drug-likeness (QED) is 0.663. The van der Waals surface area contributed by atoms with Crippen LogP contribution >= 0.6 is 15.9 Å². The van der Waals surface area contributed by atoms with Crippen molar-refractivity contribution in [1.82, 2.24) is 4.90 Å². The molecule has 29 heavy (non-hydrogen) atoms. The minimum Gasteiger partial charge on any atom is -0.369 e. The molecule has 0 aromatic heterocycles. The van der Waals surface area contributed by atoms with Crippen LogP contribution in [-0.2, 0) is 14.4 Å². The highest BCUT2D eigenvalue weighted by Crippen LogP contribution is 2.72. The van der Waals surface area contributed by atoms with Crippen LogP contribution in [0.4, 0.5) is 5.69 Å². The molecule has 0 saturated heterocycles. The summed E-state index contributed by atoms with van der Waals surface area (Å²) in [5.41, 5.74) is 6.54. The monoisotopic (exact) mass is 459 g/mol. The van der Waals surface area contributed by atoms with Crippen molar-refractivity contribution in [2.45, 2.75) is 19.3 Å². The molecule has 3 amide bonds. The van der Waals surface area contributed by atoms with Crippen LogP contribution < -0.4 is 10.6 Å². The third-order valence-corrected chi connectivity index (χ3v) is 7.44. The largest absolute Gasteiger partial charge is 0.369 e. The number of carbonyl (C=O) groups is 3. The van der Waals surface area contributed by atoms with E-state index in [0.717, 1.165) is 23.0 Å². The number of benzene rings is 1. The van der Waals surface area contributed by atoms with Gasteiger partial charge in [0, 0.05) is 37.2 Å². The molecule has 1 aromatic carbocycles. The highest BCUT2D eigenvalue weighted by atomic mass is 79.9. The Morgan fingerprint density at radius 3 is 2.17 bits per heavy atom. The molecule has 1 aromatic rings.